The van der Waals surface area contributed by atoms with Crippen LogP contribution in [0.1, 0.15) is 5.56 Å². The minimum absolute atomic E-state index is 0.0902. The van der Waals surface area contributed by atoms with E-state index in [1.54, 1.807) is 11.6 Å². The second-order valence-electron chi connectivity index (χ2n) is 9.33. The first-order valence-electron chi connectivity index (χ1n) is 12.9. The van der Waals surface area contributed by atoms with Crippen molar-refractivity contribution in [1.82, 2.24) is 29.8 Å². The standard InChI is InChI=1S/C29H27N7O4/c1-39-21-11-7-10-20(16-21)25-33-26-22-12-5-6-13-23(22)31-28(36(26)34-25)32-24-17-35(15-14-30-27(24)37)29(38)40-18-19-8-3-2-4-9-19/h2-13,16,24H,14-15,17-18H2,1H3,(H,30,37)(H,31,32). The van der Waals surface area contributed by atoms with Crippen LogP contribution in [0.15, 0.2) is 78.9 Å². The first-order chi connectivity index (χ1) is 19.6. The number of carbonyl (C=O) groups excluding carboxylic acids is 2. The fraction of sp³-hybridized carbons (Fsp3) is 0.207. The number of hydrogen-bond donors (Lipinski definition) is 2. The van der Waals surface area contributed by atoms with Crippen LogP contribution in [0, 0.1) is 0 Å². The molecule has 2 N–H and O–H groups in total. The average molecular weight is 538 g/mol. The van der Waals surface area contributed by atoms with E-state index < -0.39 is 12.1 Å². The summed E-state index contributed by atoms with van der Waals surface area (Å²) >= 11 is 0. The van der Waals surface area contributed by atoms with Crippen LogP contribution in [0.5, 0.6) is 5.75 Å². The number of para-hydroxylation sites is 1. The van der Waals surface area contributed by atoms with E-state index in [-0.39, 0.29) is 19.1 Å². The Hall–Kier alpha value is -5.19. The van der Waals surface area contributed by atoms with Crippen LogP contribution in [-0.2, 0) is 16.1 Å². The number of amides is 2. The summed E-state index contributed by atoms with van der Waals surface area (Å²) in [6, 6.07) is 23.7. The Kier molecular flexibility index (Phi) is 6.84. The molecule has 1 aliphatic rings. The second-order valence-corrected chi connectivity index (χ2v) is 9.33. The van der Waals surface area contributed by atoms with E-state index in [9.17, 15) is 9.59 Å². The topological polar surface area (TPSA) is 123 Å². The van der Waals surface area contributed by atoms with Crippen LogP contribution >= 0.6 is 0 Å². The van der Waals surface area contributed by atoms with Gasteiger partial charge in [-0.25, -0.2) is 14.8 Å². The van der Waals surface area contributed by atoms with Gasteiger partial charge in [0.05, 0.1) is 19.2 Å². The van der Waals surface area contributed by atoms with E-state index in [1.165, 1.54) is 4.90 Å². The number of nitrogens with zero attached hydrogens (tertiary/aromatic N) is 5. The highest BCUT2D eigenvalue weighted by atomic mass is 16.6. The molecular weight excluding hydrogens is 510 g/mol. The molecule has 3 heterocycles. The summed E-state index contributed by atoms with van der Waals surface area (Å²) in [5.74, 6) is 1.24. The Bertz CT molecular complexity index is 1690. The van der Waals surface area contributed by atoms with E-state index in [4.69, 9.17) is 24.5 Å². The average Bonchev–Trinajstić information content (AvgIpc) is 3.37. The van der Waals surface area contributed by atoms with Crippen molar-refractivity contribution in [2.45, 2.75) is 12.6 Å². The fourth-order valence-corrected chi connectivity index (χ4v) is 4.61. The molecule has 1 saturated heterocycles. The molecule has 1 atom stereocenters. The smallest absolute Gasteiger partial charge is 0.410 e. The molecule has 202 valence electrons. The molecule has 6 rings (SSSR count). The molecule has 0 radical (unpaired) electrons. The molecule has 11 nitrogen and oxygen atoms in total. The van der Waals surface area contributed by atoms with Gasteiger partial charge in [-0.05, 0) is 29.8 Å². The van der Waals surface area contributed by atoms with Crippen molar-refractivity contribution in [3.63, 3.8) is 0 Å². The van der Waals surface area contributed by atoms with Crippen molar-refractivity contribution in [2.24, 2.45) is 0 Å². The van der Waals surface area contributed by atoms with Crippen LogP contribution < -0.4 is 15.4 Å². The lowest BCUT2D eigenvalue weighted by atomic mass is 10.2. The Balaban J connectivity index is 1.31. The third-order valence-corrected chi connectivity index (χ3v) is 6.67. The van der Waals surface area contributed by atoms with Gasteiger partial charge in [-0.2, -0.15) is 4.52 Å². The van der Waals surface area contributed by atoms with Gasteiger partial charge in [0.2, 0.25) is 11.9 Å². The maximum atomic E-state index is 13.0. The van der Waals surface area contributed by atoms with Crippen molar-refractivity contribution in [3.05, 3.63) is 84.4 Å². The van der Waals surface area contributed by atoms with Crippen molar-refractivity contribution >= 4 is 34.5 Å². The quantitative estimate of drug-likeness (QED) is 0.337. The van der Waals surface area contributed by atoms with Gasteiger partial charge in [0.25, 0.3) is 0 Å². The molecule has 11 heteroatoms. The number of rotatable bonds is 6. The highest BCUT2D eigenvalue weighted by Gasteiger charge is 2.30. The van der Waals surface area contributed by atoms with Gasteiger partial charge in [0.1, 0.15) is 18.4 Å². The summed E-state index contributed by atoms with van der Waals surface area (Å²) in [5.41, 5.74) is 2.93. The van der Waals surface area contributed by atoms with E-state index in [0.29, 0.717) is 41.8 Å². The molecule has 1 aliphatic heterocycles. The molecule has 0 bridgehead atoms. The zero-order valence-electron chi connectivity index (χ0n) is 21.8. The van der Waals surface area contributed by atoms with Gasteiger partial charge in [0.15, 0.2) is 11.5 Å². The lowest BCUT2D eigenvalue weighted by Gasteiger charge is -2.23. The normalized spacial score (nSPS) is 15.5. The number of anilines is 1. The Morgan fingerprint density at radius 3 is 2.73 bits per heavy atom. The predicted octanol–water partition coefficient (Wildman–Crippen LogP) is 3.50. The third-order valence-electron chi connectivity index (χ3n) is 6.67. The first-order valence-corrected chi connectivity index (χ1v) is 12.9. The van der Waals surface area contributed by atoms with Crippen LogP contribution in [-0.4, -0.2) is 69.3 Å². The lowest BCUT2D eigenvalue weighted by Crippen LogP contribution is -2.44. The van der Waals surface area contributed by atoms with Crippen LogP contribution in [0.2, 0.25) is 0 Å². The fourth-order valence-electron chi connectivity index (χ4n) is 4.61. The highest BCUT2D eigenvalue weighted by Crippen LogP contribution is 2.26. The number of fused-ring (bicyclic) bond motifs is 3. The number of nitrogens with one attached hydrogen (secondary N) is 2. The molecule has 0 saturated carbocycles. The van der Waals surface area contributed by atoms with Crippen LogP contribution in [0.3, 0.4) is 0 Å². The maximum Gasteiger partial charge on any atom is 0.410 e. The minimum Gasteiger partial charge on any atom is -0.497 e. The molecule has 0 spiro atoms. The minimum atomic E-state index is -0.798. The van der Waals surface area contributed by atoms with Gasteiger partial charge < -0.3 is 25.0 Å². The molecule has 2 amide bonds. The van der Waals surface area contributed by atoms with E-state index in [0.717, 1.165) is 16.5 Å². The van der Waals surface area contributed by atoms with Crippen LogP contribution in [0.25, 0.3) is 27.9 Å². The molecule has 5 aromatic rings. The van der Waals surface area contributed by atoms with Crippen molar-refractivity contribution in [1.29, 1.82) is 0 Å². The van der Waals surface area contributed by atoms with Gasteiger partial charge in [-0.1, -0.05) is 54.6 Å². The molecule has 40 heavy (non-hydrogen) atoms. The molecule has 1 unspecified atom stereocenters. The maximum absolute atomic E-state index is 13.0. The molecular formula is C29H27N7O4. The van der Waals surface area contributed by atoms with Crippen LogP contribution in [0.4, 0.5) is 10.7 Å². The van der Waals surface area contributed by atoms with Gasteiger partial charge >= 0.3 is 6.09 Å². The predicted molar refractivity (Wildman–Crippen MR) is 149 cm³/mol. The second kappa shape index (κ2) is 10.9. The number of benzene rings is 3. The van der Waals surface area contributed by atoms with Crippen molar-refractivity contribution in [2.75, 3.05) is 32.1 Å². The Morgan fingerprint density at radius 1 is 1.05 bits per heavy atom. The van der Waals surface area contributed by atoms with Gasteiger partial charge in [0, 0.05) is 24.0 Å². The zero-order valence-corrected chi connectivity index (χ0v) is 21.8. The summed E-state index contributed by atoms with van der Waals surface area (Å²) in [4.78, 5) is 37.0. The largest absolute Gasteiger partial charge is 0.497 e. The first kappa shape index (κ1) is 25.1. The molecule has 1 fully saturated rings. The van der Waals surface area contributed by atoms with E-state index in [2.05, 4.69) is 10.6 Å². The molecule has 3 aromatic carbocycles. The number of methoxy groups -OCH3 is 1. The summed E-state index contributed by atoms with van der Waals surface area (Å²) < 4.78 is 12.5. The lowest BCUT2D eigenvalue weighted by molar-refractivity contribution is -0.121. The number of ether oxygens (including phenoxy) is 2. The Morgan fingerprint density at radius 2 is 1.88 bits per heavy atom. The summed E-state index contributed by atoms with van der Waals surface area (Å²) in [7, 11) is 1.61. The summed E-state index contributed by atoms with van der Waals surface area (Å²) in [6.07, 6.45) is -0.496. The monoisotopic (exact) mass is 537 g/mol. The van der Waals surface area contributed by atoms with Crippen molar-refractivity contribution < 1.29 is 19.1 Å². The zero-order chi connectivity index (χ0) is 27.5. The van der Waals surface area contributed by atoms with Crippen molar-refractivity contribution in [3.8, 4) is 17.1 Å². The summed E-state index contributed by atoms with van der Waals surface area (Å²) in [5, 5.41) is 11.6. The van der Waals surface area contributed by atoms with E-state index >= 15 is 0 Å². The molecule has 2 aromatic heterocycles. The number of carbonyl (C=O) groups is 2. The third kappa shape index (κ3) is 5.08. The highest BCUT2D eigenvalue weighted by molar-refractivity contribution is 5.93. The SMILES string of the molecule is COc1cccc(-c2nc3c4ccccc4nc(NC4CN(C(=O)OCc5ccccc5)CCNC4=O)n3n2)c1. The van der Waals surface area contributed by atoms with Gasteiger partial charge in [-0.15, -0.1) is 5.10 Å². The number of aromatic nitrogens is 4. The van der Waals surface area contributed by atoms with E-state index in [1.807, 2.05) is 78.9 Å². The van der Waals surface area contributed by atoms with Gasteiger partial charge in [-0.3, -0.25) is 4.79 Å². The molecule has 0 aliphatic carbocycles. The summed E-state index contributed by atoms with van der Waals surface area (Å²) in [6.45, 7) is 0.865. The Labute approximate surface area is 229 Å². The number of hydrogen-bond acceptors (Lipinski definition) is 8.